The maximum atomic E-state index is 12.7. The highest BCUT2D eigenvalue weighted by molar-refractivity contribution is 9.10. The fraction of sp³-hybridized carbons (Fsp3) is 0.208. The Labute approximate surface area is 203 Å². The van der Waals surface area contributed by atoms with E-state index in [1.54, 1.807) is 0 Å². The van der Waals surface area contributed by atoms with Crippen molar-refractivity contribution in [2.45, 2.75) is 24.8 Å². The molecule has 0 bridgehead atoms. The number of benzene rings is 2. The van der Waals surface area contributed by atoms with Crippen molar-refractivity contribution >= 4 is 39.7 Å². The molecule has 3 aromatic rings. The Hall–Kier alpha value is -3.79. The summed E-state index contributed by atoms with van der Waals surface area (Å²) in [5, 5.41) is 14.0. The lowest BCUT2D eigenvalue weighted by Gasteiger charge is -2.19. The number of carbonyl (C=O) groups excluding carboxylic acids is 2. The van der Waals surface area contributed by atoms with Crippen LogP contribution in [0, 0.1) is 0 Å². The number of hydrogen-bond acceptors (Lipinski definition) is 6. The highest BCUT2D eigenvalue weighted by Gasteiger charge is 2.30. The van der Waals surface area contributed by atoms with Crippen molar-refractivity contribution in [3.8, 4) is 11.1 Å². The number of fused-ring (bicyclic) bond motifs is 3. The van der Waals surface area contributed by atoms with Gasteiger partial charge in [0.25, 0.3) is 0 Å². The van der Waals surface area contributed by atoms with Crippen molar-refractivity contribution in [3.63, 3.8) is 0 Å². The van der Waals surface area contributed by atoms with E-state index in [-0.39, 0.29) is 31.2 Å². The largest absolute Gasteiger partial charge is 0.481 e. The lowest BCUT2D eigenvalue weighted by Crippen LogP contribution is -2.44. The first-order chi connectivity index (χ1) is 16.4. The second kappa shape index (κ2) is 10.4. The van der Waals surface area contributed by atoms with Crippen LogP contribution in [0.3, 0.4) is 0 Å². The average Bonchev–Trinajstić information content (AvgIpc) is 3.15. The Balaban J connectivity index is 1.42. The molecule has 1 aliphatic rings. The van der Waals surface area contributed by atoms with Crippen molar-refractivity contribution in [1.29, 1.82) is 0 Å². The standard InChI is InChI=1S/C24H21BrN4O5/c25-20-11-27-21(12-26-20)29-23(32)19(9-10-22(30)31)28-24(33)34-13-18-16-7-3-1-5-14(16)15-6-2-4-8-17(15)18/h1-8,11-12,18-19H,9-10,13H2,(H,28,33)(H,30,31)(H,27,29,32). The molecule has 1 aromatic heterocycles. The molecule has 34 heavy (non-hydrogen) atoms. The number of nitrogens with zero attached hydrogens (tertiary/aromatic N) is 2. The topological polar surface area (TPSA) is 131 Å². The van der Waals surface area contributed by atoms with Gasteiger partial charge >= 0.3 is 12.1 Å². The Morgan fingerprint density at radius 1 is 1.00 bits per heavy atom. The van der Waals surface area contributed by atoms with Gasteiger partial charge in [0.05, 0.1) is 12.4 Å². The Kier molecular flexibility index (Phi) is 7.17. The second-order valence-corrected chi connectivity index (χ2v) is 8.48. The number of carboxylic acids is 1. The molecule has 1 unspecified atom stereocenters. The molecule has 0 radical (unpaired) electrons. The lowest BCUT2D eigenvalue weighted by atomic mass is 9.98. The number of halogens is 1. The Morgan fingerprint density at radius 2 is 1.65 bits per heavy atom. The van der Waals surface area contributed by atoms with Gasteiger partial charge in [-0.25, -0.2) is 14.8 Å². The minimum absolute atomic E-state index is 0.0747. The minimum atomic E-state index is -1.13. The summed E-state index contributed by atoms with van der Waals surface area (Å²) in [5.74, 6) is -1.67. The van der Waals surface area contributed by atoms with Crippen LogP contribution < -0.4 is 10.6 Å². The van der Waals surface area contributed by atoms with Crippen LogP contribution in [0.2, 0.25) is 0 Å². The quantitative estimate of drug-likeness (QED) is 0.406. The van der Waals surface area contributed by atoms with E-state index in [9.17, 15) is 14.4 Å². The van der Waals surface area contributed by atoms with E-state index in [4.69, 9.17) is 9.84 Å². The number of ether oxygens (including phenoxy) is 1. The molecule has 1 aliphatic carbocycles. The Morgan fingerprint density at radius 3 is 2.24 bits per heavy atom. The number of alkyl carbamates (subject to hydrolysis) is 1. The summed E-state index contributed by atoms with van der Waals surface area (Å²) in [6, 6.07) is 14.8. The third kappa shape index (κ3) is 5.40. The number of hydrogen-bond donors (Lipinski definition) is 3. The zero-order valence-electron chi connectivity index (χ0n) is 17.9. The van der Waals surface area contributed by atoms with Gasteiger partial charge in [0, 0.05) is 12.3 Å². The predicted molar refractivity (Wildman–Crippen MR) is 127 cm³/mol. The molecule has 1 atom stereocenters. The molecule has 0 fully saturated rings. The average molecular weight is 525 g/mol. The number of amides is 2. The molecular weight excluding hydrogens is 504 g/mol. The molecule has 2 aromatic carbocycles. The molecule has 9 nitrogen and oxygen atoms in total. The predicted octanol–water partition coefficient (Wildman–Crippen LogP) is 3.95. The lowest BCUT2D eigenvalue weighted by molar-refractivity contribution is -0.137. The van der Waals surface area contributed by atoms with Crippen LogP contribution in [0.15, 0.2) is 65.5 Å². The van der Waals surface area contributed by atoms with E-state index in [1.165, 1.54) is 12.4 Å². The number of aliphatic carboxylic acids is 1. The zero-order valence-corrected chi connectivity index (χ0v) is 19.5. The second-order valence-electron chi connectivity index (χ2n) is 7.67. The first-order valence-electron chi connectivity index (χ1n) is 10.5. The van der Waals surface area contributed by atoms with Gasteiger partial charge < -0.3 is 20.5 Å². The van der Waals surface area contributed by atoms with Gasteiger partial charge in [-0.2, -0.15) is 0 Å². The number of nitrogens with one attached hydrogen (secondary N) is 2. The van der Waals surface area contributed by atoms with Gasteiger partial charge in [0.1, 0.15) is 17.3 Å². The number of anilines is 1. The number of carboxylic acid groups (broad SMARTS) is 1. The van der Waals surface area contributed by atoms with E-state index in [1.807, 2.05) is 48.5 Å². The summed E-state index contributed by atoms with van der Waals surface area (Å²) in [5.41, 5.74) is 4.32. The summed E-state index contributed by atoms with van der Waals surface area (Å²) >= 11 is 3.15. The number of aromatic nitrogens is 2. The summed E-state index contributed by atoms with van der Waals surface area (Å²) < 4.78 is 5.97. The van der Waals surface area contributed by atoms with E-state index < -0.39 is 24.0 Å². The first kappa shape index (κ1) is 23.4. The van der Waals surface area contributed by atoms with E-state index >= 15 is 0 Å². The van der Waals surface area contributed by atoms with Crippen LogP contribution in [-0.2, 0) is 14.3 Å². The molecule has 4 rings (SSSR count). The number of carbonyl (C=O) groups is 3. The van der Waals surface area contributed by atoms with Crippen molar-refractivity contribution in [2.75, 3.05) is 11.9 Å². The summed E-state index contributed by atoms with van der Waals surface area (Å²) in [7, 11) is 0. The van der Waals surface area contributed by atoms with Crippen molar-refractivity contribution < 1.29 is 24.2 Å². The smallest absolute Gasteiger partial charge is 0.407 e. The fourth-order valence-corrected chi connectivity index (χ4v) is 4.11. The van der Waals surface area contributed by atoms with Gasteiger partial charge in [-0.05, 0) is 44.6 Å². The molecule has 0 saturated heterocycles. The third-order valence-corrected chi connectivity index (χ3v) is 5.88. The van der Waals surface area contributed by atoms with Crippen molar-refractivity contribution in [3.05, 3.63) is 76.7 Å². The fourth-order valence-electron chi connectivity index (χ4n) is 3.91. The van der Waals surface area contributed by atoms with Gasteiger partial charge in [0.2, 0.25) is 5.91 Å². The molecule has 0 spiro atoms. The molecule has 1 heterocycles. The molecule has 0 saturated carbocycles. The monoisotopic (exact) mass is 524 g/mol. The summed E-state index contributed by atoms with van der Waals surface area (Å²) in [6.07, 6.45) is 1.50. The normalized spacial score (nSPS) is 12.9. The molecule has 0 aliphatic heterocycles. The zero-order chi connectivity index (χ0) is 24.1. The van der Waals surface area contributed by atoms with Crippen molar-refractivity contribution in [2.24, 2.45) is 0 Å². The highest BCUT2D eigenvalue weighted by Crippen LogP contribution is 2.44. The van der Waals surface area contributed by atoms with Crippen LogP contribution in [-0.4, -0.2) is 45.7 Å². The SMILES string of the molecule is O=C(O)CCC(NC(=O)OCC1c2ccccc2-c2ccccc21)C(=O)Nc1cnc(Br)cn1. The van der Waals surface area contributed by atoms with E-state index in [0.717, 1.165) is 22.3 Å². The van der Waals surface area contributed by atoms with E-state index in [0.29, 0.717) is 4.60 Å². The first-order valence-corrected chi connectivity index (χ1v) is 11.3. The maximum Gasteiger partial charge on any atom is 0.407 e. The molecule has 174 valence electrons. The van der Waals surface area contributed by atoms with Crippen LogP contribution in [0.25, 0.3) is 11.1 Å². The van der Waals surface area contributed by atoms with Crippen LogP contribution in [0.4, 0.5) is 10.6 Å². The molecular formula is C24H21BrN4O5. The molecule has 2 amide bonds. The van der Waals surface area contributed by atoms with Gasteiger partial charge in [0.15, 0.2) is 5.82 Å². The van der Waals surface area contributed by atoms with Gasteiger partial charge in [-0.15, -0.1) is 0 Å². The summed E-state index contributed by atoms with van der Waals surface area (Å²) in [4.78, 5) is 44.3. The van der Waals surface area contributed by atoms with Crippen LogP contribution in [0.5, 0.6) is 0 Å². The number of rotatable bonds is 8. The van der Waals surface area contributed by atoms with Crippen LogP contribution in [0.1, 0.15) is 29.9 Å². The molecule has 10 heteroatoms. The third-order valence-electron chi connectivity index (χ3n) is 5.47. The highest BCUT2D eigenvalue weighted by atomic mass is 79.9. The van der Waals surface area contributed by atoms with E-state index in [2.05, 4.69) is 36.5 Å². The Bertz CT molecular complexity index is 1170. The van der Waals surface area contributed by atoms with Crippen molar-refractivity contribution in [1.82, 2.24) is 15.3 Å². The molecule has 3 N–H and O–H groups in total. The maximum absolute atomic E-state index is 12.7. The van der Waals surface area contributed by atoms with Gasteiger partial charge in [-0.3, -0.25) is 9.59 Å². The van der Waals surface area contributed by atoms with Gasteiger partial charge in [-0.1, -0.05) is 48.5 Å². The van der Waals surface area contributed by atoms with Crippen LogP contribution >= 0.6 is 15.9 Å². The summed E-state index contributed by atoms with van der Waals surface area (Å²) in [6.45, 7) is 0.0747. The minimum Gasteiger partial charge on any atom is -0.481 e.